The number of ether oxygens (including phenoxy) is 4. The van der Waals surface area contributed by atoms with Gasteiger partial charge in [0, 0.05) is 106 Å². The minimum absolute atomic E-state index is 0.0587. The number of anilines is 1. The summed E-state index contributed by atoms with van der Waals surface area (Å²) < 4.78 is 25.0. The largest absolute Gasteiger partial charge is 0.507 e. The van der Waals surface area contributed by atoms with E-state index in [0.29, 0.717) is 49.5 Å². The lowest BCUT2D eigenvalue weighted by atomic mass is 9.78. The van der Waals surface area contributed by atoms with Crippen molar-refractivity contribution in [3.05, 3.63) is 58.0 Å². The molecule has 0 radical (unpaired) electrons. The van der Waals surface area contributed by atoms with Crippen molar-refractivity contribution >= 4 is 34.2 Å². The number of rotatable bonds is 4. The number of aliphatic hydroxyl groups excluding tert-OH is 2. The van der Waals surface area contributed by atoms with Gasteiger partial charge in [-0.05, 0) is 58.2 Å². The molecule has 0 aliphatic carbocycles. The average Bonchev–Trinajstić information content (AvgIpc) is 3.98. The lowest BCUT2D eigenvalue weighted by molar-refractivity contribution is -0.114. The fourth-order valence-corrected chi connectivity index (χ4v) is 11.8. The third-order valence-corrected chi connectivity index (χ3v) is 16.2. The third kappa shape index (κ3) is 9.32. The lowest BCUT2D eigenvalue weighted by Gasteiger charge is -2.40. The number of carbonyl (C=O) groups excluding carboxylic acids is 3. The van der Waals surface area contributed by atoms with E-state index in [-0.39, 0.29) is 49.7 Å². The summed E-state index contributed by atoms with van der Waals surface area (Å²) in [4.78, 5) is 59.2. The van der Waals surface area contributed by atoms with Crippen molar-refractivity contribution in [3.63, 3.8) is 0 Å². The number of likely N-dealkylation sites (tertiary alicyclic amines) is 3. The Labute approximate surface area is 410 Å². The van der Waals surface area contributed by atoms with Gasteiger partial charge in [-0.1, -0.05) is 59.8 Å². The Bertz CT molecular complexity index is 2610. The zero-order valence-electron chi connectivity index (χ0n) is 42.7. The van der Waals surface area contributed by atoms with Crippen LogP contribution in [0.1, 0.15) is 97.0 Å². The number of nitrogens with zero attached hydrogens (tertiary/aromatic N) is 5. The van der Waals surface area contributed by atoms with E-state index < -0.39 is 83.1 Å². The lowest BCUT2D eigenvalue weighted by Crippen LogP contribution is -2.51. The number of aliphatic hydroxyl groups is 2. The molecule has 7 aliphatic rings. The maximum Gasteiger partial charge on any atom is 0.410 e. The van der Waals surface area contributed by atoms with Crippen LogP contribution in [0.4, 0.5) is 10.5 Å². The van der Waals surface area contributed by atoms with Crippen LogP contribution in [0.15, 0.2) is 46.1 Å². The number of amides is 2. The highest BCUT2D eigenvalue weighted by molar-refractivity contribution is 6.21. The number of fused-ring (bicyclic) bond motifs is 14. The number of allylic oxidation sites excluding steroid dienone is 2. The molecular formula is C53H74N6O11. The van der Waals surface area contributed by atoms with E-state index in [4.69, 9.17) is 23.9 Å². The topological polar surface area (TPSA) is 216 Å². The van der Waals surface area contributed by atoms with E-state index in [0.717, 1.165) is 39.0 Å². The number of hydrogen-bond acceptors (Lipinski definition) is 15. The van der Waals surface area contributed by atoms with Crippen molar-refractivity contribution in [2.75, 3.05) is 58.7 Å². The van der Waals surface area contributed by atoms with Crippen molar-refractivity contribution in [1.29, 1.82) is 0 Å². The van der Waals surface area contributed by atoms with Crippen LogP contribution in [0.3, 0.4) is 0 Å². The van der Waals surface area contributed by atoms with Crippen LogP contribution >= 0.6 is 0 Å². The predicted molar refractivity (Wildman–Crippen MR) is 263 cm³/mol. The average molecular weight is 971 g/mol. The van der Waals surface area contributed by atoms with Crippen molar-refractivity contribution in [1.82, 2.24) is 14.7 Å². The smallest absolute Gasteiger partial charge is 0.410 e. The fourth-order valence-electron chi connectivity index (χ4n) is 11.8. The van der Waals surface area contributed by atoms with Gasteiger partial charge < -0.3 is 59.4 Å². The SMILES string of the molecule is CO[C@H]1/C=C/O[C@@]2(C)Oc3c(C)c(O)c4c(O)c(c5c(c4c3C2=O)NC2(CCN(CC(C)C)CC2)N=5)=NC(=O)/C(C)=C\C=C\[C@H](C)[C@H](O)[C@@H](C)[C@@H](O)[C@@H](C)[C@H](OC(=O)N2CCC3C(CCN3C)C2)[C@@H]1C. The summed E-state index contributed by atoms with van der Waals surface area (Å²) in [5.41, 5.74) is -0.102. The van der Waals surface area contributed by atoms with Crippen molar-refractivity contribution in [2.45, 2.75) is 130 Å². The van der Waals surface area contributed by atoms with E-state index in [1.807, 2.05) is 6.92 Å². The Morgan fingerprint density at radius 1 is 0.943 bits per heavy atom. The molecule has 382 valence electrons. The van der Waals surface area contributed by atoms with E-state index in [9.17, 15) is 34.8 Å². The Kier molecular flexibility index (Phi) is 14.5. The molecule has 17 nitrogen and oxygen atoms in total. The predicted octanol–water partition coefficient (Wildman–Crippen LogP) is 5.35. The molecule has 17 heteroatoms. The second-order valence-corrected chi connectivity index (χ2v) is 21.6. The molecule has 2 amide bonds. The summed E-state index contributed by atoms with van der Waals surface area (Å²) in [5, 5.41) is 51.6. The van der Waals surface area contributed by atoms with Gasteiger partial charge in [-0.3, -0.25) is 14.6 Å². The maximum absolute atomic E-state index is 15.0. The monoisotopic (exact) mass is 971 g/mol. The maximum atomic E-state index is 15.0. The highest BCUT2D eigenvalue weighted by Crippen LogP contribution is 2.51. The number of phenolic OH excluding ortho intramolecular Hbond substituents is 2. The van der Waals surface area contributed by atoms with Crippen LogP contribution in [-0.2, 0) is 19.0 Å². The molecule has 5 N–H and O–H groups in total. The highest BCUT2D eigenvalue weighted by atomic mass is 16.7. The highest BCUT2D eigenvalue weighted by Gasteiger charge is 2.51. The summed E-state index contributed by atoms with van der Waals surface area (Å²) in [6.45, 7) is 20.6. The molecule has 2 aromatic rings. The first kappa shape index (κ1) is 51.3. The van der Waals surface area contributed by atoms with Crippen molar-refractivity contribution < 1.29 is 53.8 Å². The van der Waals surface area contributed by atoms with Gasteiger partial charge in [0.25, 0.3) is 11.7 Å². The Morgan fingerprint density at radius 2 is 1.66 bits per heavy atom. The van der Waals surface area contributed by atoms with Gasteiger partial charge in [0.15, 0.2) is 5.75 Å². The van der Waals surface area contributed by atoms with Crippen LogP contribution in [0, 0.1) is 42.4 Å². The molecule has 5 bridgehead atoms. The van der Waals surface area contributed by atoms with Gasteiger partial charge in [-0.2, -0.15) is 0 Å². The first-order chi connectivity index (χ1) is 33.1. The number of Topliss-reactive ketones (excluding diaryl/α,β-unsaturated/α-hetero) is 1. The van der Waals surface area contributed by atoms with E-state index in [2.05, 4.69) is 41.0 Å². The second kappa shape index (κ2) is 19.9. The molecule has 9 rings (SSSR count). The molecule has 2 aromatic carbocycles. The number of methoxy groups -OCH3 is 1. The van der Waals surface area contributed by atoms with Gasteiger partial charge in [0.2, 0.25) is 0 Å². The molecule has 70 heavy (non-hydrogen) atoms. The molecule has 1 spiro atoms. The second-order valence-electron chi connectivity index (χ2n) is 21.6. The molecule has 0 saturated carbocycles. The zero-order chi connectivity index (χ0) is 50.7. The quantitative estimate of drug-likeness (QED) is 0.245. The summed E-state index contributed by atoms with van der Waals surface area (Å²) in [7, 11) is 3.63. The molecule has 7 heterocycles. The normalized spacial score (nSPS) is 34.5. The summed E-state index contributed by atoms with van der Waals surface area (Å²) in [5.74, 6) is -5.77. The van der Waals surface area contributed by atoms with Gasteiger partial charge in [0.05, 0.1) is 41.2 Å². The fraction of sp³-hybridized carbons (Fsp3) is 0.642. The molecule has 0 aromatic heterocycles. The summed E-state index contributed by atoms with van der Waals surface area (Å²) in [6, 6.07) is 0.411. The Balaban J connectivity index is 1.21. The molecule has 3 saturated heterocycles. The third-order valence-electron chi connectivity index (χ3n) is 16.2. The number of ketones is 1. The number of piperidine rings is 2. The van der Waals surface area contributed by atoms with Crippen LogP contribution in [0.25, 0.3) is 10.8 Å². The molecule has 3 fully saturated rings. The molecular weight excluding hydrogens is 897 g/mol. The van der Waals surface area contributed by atoms with E-state index in [1.165, 1.54) is 20.3 Å². The minimum atomic E-state index is -1.97. The first-order valence-corrected chi connectivity index (χ1v) is 25.2. The number of aromatic hydroxyl groups is 2. The first-order valence-electron chi connectivity index (χ1n) is 25.2. The van der Waals surface area contributed by atoms with Crippen molar-refractivity contribution in [2.24, 2.45) is 45.5 Å². The van der Waals surface area contributed by atoms with Gasteiger partial charge in [-0.15, -0.1) is 0 Å². The Hall–Kier alpha value is -5.07. The molecule has 2 unspecified atom stereocenters. The van der Waals surface area contributed by atoms with Gasteiger partial charge in [0.1, 0.15) is 34.0 Å². The van der Waals surface area contributed by atoms with Crippen molar-refractivity contribution in [3.8, 4) is 17.2 Å². The van der Waals surface area contributed by atoms with Crippen LogP contribution in [0.2, 0.25) is 0 Å². The van der Waals surface area contributed by atoms with Gasteiger partial charge in [-0.25, -0.2) is 9.79 Å². The summed E-state index contributed by atoms with van der Waals surface area (Å²) >= 11 is 0. The minimum Gasteiger partial charge on any atom is -0.507 e. The zero-order valence-corrected chi connectivity index (χ0v) is 42.7. The number of benzene rings is 2. The number of hydrogen-bond donors (Lipinski definition) is 5. The van der Waals surface area contributed by atoms with Crippen LogP contribution in [0.5, 0.6) is 17.2 Å². The van der Waals surface area contributed by atoms with E-state index in [1.54, 1.807) is 63.8 Å². The number of carbonyl (C=O) groups is 3. The molecule has 11 atom stereocenters. The molecule has 7 aliphatic heterocycles. The van der Waals surface area contributed by atoms with Gasteiger partial charge >= 0.3 is 11.9 Å². The standard InChI is InChI=1S/C53H74N6O11/c1-27(2)25-58-22-18-53(19-23-58)55-40-37-38-45(62)33(8)48-39(37)49(64)52(9,70-48)68-24-17-36(67-11)30(5)47(69-51(66)59-21-16-35-34(26-59)15-20-57(35)10)32(7)44(61)31(6)43(60)28(3)13-12-14-29(4)50(65)54-42(46(38)63)41(40)56-53/h12-14,17,24,27-28,30-32,34-36,43-44,47,55,60-63H,15-16,18-23,25-26H2,1-11H3/b13-12+,24-17+,29-14-,54-42?/t28-,30+,31+,32+,34?,35?,36-,43-,44+,47+,52-/m0/s1. The van der Waals surface area contributed by atoms with Crippen LogP contribution in [-0.4, -0.2) is 148 Å². The number of nitrogens with one attached hydrogen (secondary N) is 1. The van der Waals surface area contributed by atoms with Crippen LogP contribution < -0.4 is 20.8 Å². The number of phenols is 2. The van der Waals surface area contributed by atoms with E-state index >= 15 is 0 Å². The summed E-state index contributed by atoms with van der Waals surface area (Å²) in [6.07, 6.45) is 6.44. The Morgan fingerprint density at radius 3 is 2.34 bits per heavy atom.